The molecule has 5 heteroatoms. The summed E-state index contributed by atoms with van der Waals surface area (Å²) in [5.74, 6) is 0.823. The predicted molar refractivity (Wildman–Crippen MR) is 60.9 cm³/mol. The van der Waals surface area contributed by atoms with Crippen LogP contribution in [0.25, 0.3) is 0 Å². The van der Waals surface area contributed by atoms with Crippen LogP contribution in [-0.2, 0) is 11.3 Å². The number of aryl methyl sites for hydroxylation is 1. The van der Waals surface area contributed by atoms with Crippen molar-refractivity contribution in [2.45, 2.75) is 33.4 Å². The average molecular weight is 225 g/mol. The molecule has 90 valence electrons. The number of amides is 1. The summed E-state index contributed by atoms with van der Waals surface area (Å²) in [7, 11) is 1.80. The molecule has 0 aromatic carbocycles. The molecule has 0 atom stereocenters. The van der Waals surface area contributed by atoms with E-state index in [2.05, 4.69) is 10.5 Å². The zero-order valence-corrected chi connectivity index (χ0v) is 10.3. The van der Waals surface area contributed by atoms with Gasteiger partial charge in [0.1, 0.15) is 0 Å². The monoisotopic (exact) mass is 225 g/mol. The van der Waals surface area contributed by atoms with Gasteiger partial charge >= 0.3 is 0 Å². The number of aromatic nitrogens is 1. The fourth-order valence-electron chi connectivity index (χ4n) is 1.20. The first kappa shape index (κ1) is 12.7. The highest BCUT2D eigenvalue weighted by molar-refractivity contribution is 5.78. The van der Waals surface area contributed by atoms with Crippen LogP contribution in [0.1, 0.15) is 25.3 Å². The molecule has 1 rings (SSSR count). The minimum Gasteiger partial charge on any atom is -0.360 e. The van der Waals surface area contributed by atoms with Gasteiger partial charge < -0.3 is 14.7 Å². The number of carbonyl (C=O) groups is 1. The zero-order valence-electron chi connectivity index (χ0n) is 10.3. The summed E-state index contributed by atoms with van der Waals surface area (Å²) in [5.41, 5.74) is 0.849. The molecule has 0 saturated carbocycles. The summed E-state index contributed by atoms with van der Waals surface area (Å²) >= 11 is 0. The van der Waals surface area contributed by atoms with Crippen molar-refractivity contribution in [2.75, 3.05) is 13.6 Å². The Bertz CT molecular complexity index is 347. The van der Waals surface area contributed by atoms with Crippen molar-refractivity contribution >= 4 is 5.91 Å². The molecule has 1 heterocycles. The van der Waals surface area contributed by atoms with Gasteiger partial charge in [0.25, 0.3) is 0 Å². The van der Waals surface area contributed by atoms with Gasteiger partial charge in [-0.25, -0.2) is 0 Å². The Kier molecular flexibility index (Phi) is 4.49. The highest BCUT2D eigenvalue weighted by atomic mass is 16.5. The van der Waals surface area contributed by atoms with Crippen LogP contribution >= 0.6 is 0 Å². The van der Waals surface area contributed by atoms with Crippen LogP contribution < -0.4 is 5.32 Å². The van der Waals surface area contributed by atoms with Gasteiger partial charge in [0.15, 0.2) is 5.76 Å². The molecule has 0 spiro atoms. The summed E-state index contributed by atoms with van der Waals surface area (Å²) in [5, 5.41) is 6.79. The number of rotatable bonds is 5. The Labute approximate surface area is 95.8 Å². The summed E-state index contributed by atoms with van der Waals surface area (Å²) in [6, 6.07) is 2.07. The van der Waals surface area contributed by atoms with E-state index in [0.29, 0.717) is 13.1 Å². The number of nitrogens with one attached hydrogen (secondary N) is 1. The van der Waals surface area contributed by atoms with Gasteiger partial charge in [0.2, 0.25) is 5.91 Å². The topological polar surface area (TPSA) is 58.4 Å². The maximum atomic E-state index is 11.6. The second-order valence-electron chi connectivity index (χ2n) is 4.14. The van der Waals surface area contributed by atoms with Crippen LogP contribution in [-0.4, -0.2) is 35.6 Å². The summed E-state index contributed by atoms with van der Waals surface area (Å²) in [4.78, 5) is 13.3. The Hall–Kier alpha value is -1.36. The second kappa shape index (κ2) is 5.65. The Morgan fingerprint density at radius 3 is 2.81 bits per heavy atom. The highest BCUT2D eigenvalue weighted by Gasteiger charge is 2.11. The normalized spacial score (nSPS) is 10.8. The molecule has 16 heavy (non-hydrogen) atoms. The molecule has 1 aromatic rings. The average Bonchev–Trinajstić information content (AvgIpc) is 2.62. The molecular weight excluding hydrogens is 206 g/mol. The lowest BCUT2D eigenvalue weighted by Gasteiger charge is -2.21. The molecule has 0 bridgehead atoms. The van der Waals surface area contributed by atoms with E-state index in [1.807, 2.05) is 26.8 Å². The Balaban J connectivity index is 2.28. The van der Waals surface area contributed by atoms with Gasteiger partial charge in [-0.2, -0.15) is 0 Å². The van der Waals surface area contributed by atoms with Crippen molar-refractivity contribution in [2.24, 2.45) is 0 Å². The molecule has 0 aliphatic carbocycles. The maximum Gasteiger partial charge on any atom is 0.236 e. The van der Waals surface area contributed by atoms with E-state index in [-0.39, 0.29) is 11.9 Å². The van der Waals surface area contributed by atoms with Gasteiger partial charge in [-0.05, 0) is 20.8 Å². The first-order valence-corrected chi connectivity index (χ1v) is 5.39. The molecule has 0 aliphatic rings. The molecular formula is C11H19N3O2. The SMILES string of the molecule is Cc1cc(CNCC(=O)N(C)C(C)C)on1. The standard InChI is InChI=1S/C11H19N3O2/c1-8(2)14(4)11(15)7-12-6-10-5-9(3)13-16-10/h5,8,12H,6-7H2,1-4H3. The van der Waals surface area contributed by atoms with Crippen LogP contribution in [0.2, 0.25) is 0 Å². The molecule has 1 amide bonds. The number of hydrogen-bond donors (Lipinski definition) is 1. The number of nitrogens with zero attached hydrogens (tertiary/aromatic N) is 2. The lowest BCUT2D eigenvalue weighted by Crippen LogP contribution is -2.39. The fourth-order valence-corrected chi connectivity index (χ4v) is 1.20. The fraction of sp³-hybridized carbons (Fsp3) is 0.636. The third kappa shape index (κ3) is 3.66. The van der Waals surface area contributed by atoms with Crippen molar-refractivity contribution in [3.05, 3.63) is 17.5 Å². The lowest BCUT2D eigenvalue weighted by molar-refractivity contribution is -0.130. The van der Waals surface area contributed by atoms with Crippen LogP contribution in [0.3, 0.4) is 0 Å². The first-order chi connectivity index (χ1) is 7.50. The minimum atomic E-state index is 0.0752. The van der Waals surface area contributed by atoms with Gasteiger partial charge in [0.05, 0.1) is 18.8 Å². The third-order valence-corrected chi connectivity index (χ3v) is 2.42. The van der Waals surface area contributed by atoms with E-state index in [1.165, 1.54) is 0 Å². The molecule has 5 nitrogen and oxygen atoms in total. The van der Waals surface area contributed by atoms with Crippen molar-refractivity contribution < 1.29 is 9.32 Å². The van der Waals surface area contributed by atoms with Crippen molar-refractivity contribution in [3.63, 3.8) is 0 Å². The van der Waals surface area contributed by atoms with Gasteiger partial charge in [-0.1, -0.05) is 5.16 Å². The Morgan fingerprint density at radius 2 is 2.31 bits per heavy atom. The molecule has 1 N–H and O–H groups in total. The molecule has 0 unspecified atom stereocenters. The van der Waals surface area contributed by atoms with E-state index in [4.69, 9.17) is 4.52 Å². The van der Waals surface area contributed by atoms with Crippen molar-refractivity contribution in [1.82, 2.24) is 15.4 Å². The van der Waals surface area contributed by atoms with E-state index < -0.39 is 0 Å². The maximum absolute atomic E-state index is 11.6. The van der Waals surface area contributed by atoms with Crippen LogP contribution in [0.15, 0.2) is 10.6 Å². The highest BCUT2D eigenvalue weighted by Crippen LogP contribution is 2.01. The van der Waals surface area contributed by atoms with Crippen LogP contribution in [0, 0.1) is 6.92 Å². The third-order valence-electron chi connectivity index (χ3n) is 2.42. The summed E-state index contributed by atoms with van der Waals surface area (Å²) in [6.45, 7) is 6.67. The Morgan fingerprint density at radius 1 is 1.62 bits per heavy atom. The van der Waals surface area contributed by atoms with E-state index in [0.717, 1.165) is 11.5 Å². The van der Waals surface area contributed by atoms with Crippen molar-refractivity contribution in [3.8, 4) is 0 Å². The molecule has 0 aliphatic heterocycles. The van der Waals surface area contributed by atoms with Gasteiger partial charge in [0, 0.05) is 19.2 Å². The minimum absolute atomic E-state index is 0.0752. The molecule has 1 aromatic heterocycles. The number of likely N-dealkylation sites (N-methyl/N-ethyl adjacent to an activating group) is 1. The van der Waals surface area contributed by atoms with Gasteiger partial charge in [-0.3, -0.25) is 4.79 Å². The quantitative estimate of drug-likeness (QED) is 0.810. The van der Waals surface area contributed by atoms with Crippen LogP contribution in [0.4, 0.5) is 0 Å². The lowest BCUT2D eigenvalue weighted by atomic mass is 10.3. The van der Waals surface area contributed by atoms with Gasteiger partial charge in [-0.15, -0.1) is 0 Å². The van der Waals surface area contributed by atoms with E-state index in [9.17, 15) is 4.79 Å². The van der Waals surface area contributed by atoms with E-state index >= 15 is 0 Å². The second-order valence-corrected chi connectivity index (χ2v) is 4.14. The smallest absolute Gasteiger partial charge is 0.236 e. The molecule has 0 radical (unpaired) electrons. The molecule has 0 saturated heterocycles. The largest absolute Gasteiger partial charge is 0.360 e. The summed E-state index contributed by atoms with van der Waals surface area (Å²) < 4.78 is 5.02. The van der Waals surface area contributed by atoms with Crippen molar-refractivity contribution in [1.29, 1.82) is 0 Å². The number of hydrogen-bond acceptors (Lipinski definition) is 4. The zero-order chi connectivity index (χ0) is 12.1. The molecule has 0 fully saturated rings. The van der Waals surface area contributed by atoms with E-state index in [1.54, 1.807) is 11.9 Å². The van der Waals surface area contributed by atoms with Crippen LogP contribution in [0.5, 0.6) is 0 Å². The predicted octanol–water partition coefficient (Wildman–Crippen LogP) is 0.939. The summed E-state index contributed by atoms with van der Waals surface area (Å²) in [6.07, 6.45) is 0. The number of carbonyl (C=O) groups excluding carboxylic acids is 1. The first-order valence-electron chi connectivity index (χ1n) is 5.39.